The van der Waals surface area contributed by atoms with Crippen LogP contribution in [-0.2, 0) is 5.41 Å². The van der Waals surface area contributed by atoms with Gasteiger partial charge in [0.15, 0.2) is 0 Å². The van der Waals surface area contributed by atoms with Crippen molar-refractivity contribution in [1.82, 2.24) is 4.57 Å². The Hall–Kier alpha value is -6.12. The van der Waals surface area contributed by atoms with Crippen molar-refractivity contribution in [2.45, 2.75) is 33.1 Å². The Morgan fingerprint density at radius 3 is 1.59 bits per heavy atom. The molecule has 0 atom stereocenters. The minimum Gasteiger partial charge on any atom is -0.310 e. The van der Waals surface area contributed by atoms with E-state index in [1.807, 2.05) is 0 Å². The molecule has 2 nitrogen and oxygen atoms in total. The number of fused-ring (bicyclic) bond motifs is 9. The summed E-state index contributed by atoms with van der Waals surface area (Å²) < 4.78 is 2.41. The molecule has 1 aliphatic rings. The number of anilines is 3. The van der Waals surface area contributed by atoms with Crippen molar-refractivity contribution in [2.75, 3.05) is 4.90 Å². The number of aromatic nitrogens is 1. The average Bonchev–Trinajstić information content (AvgIpc) is 3.48. The first-order chi connectivity index (χ1) is 24.8. The largest absolute Gasteiger partial charge is 0.310 e. The predicted octanol–water partition coefficient (Wildman–Crippen LogP) is 13.8. The lowest BCUT2D eigenvalue weighted by Crippen LogP contribution is -2.19. The van der Waals surface area contributed by atoms with E-state index < -0.39 is 0 Å². The minimum absolute atomic E-state index is 0.00597. The Labute approximate surface area is 298 Å². The van der Waals surface area contributed by atoms with Crippen LogP contribution in [0, 0.1) is 6.92 Å². The lowest BCUT2D eigenvalue weighted by molar-refractivity contribution is 0.591. The first-order valence-electron chi connectivity index (χ1n) is 17.9. The minimum atomic E-state index is -0.00597. The van der Waals surface area contributed by atoms with E-state index in [0.717, 1.165) is 0 Å². The summed E-state index contributed by atoms with van der Waals surface area (Å²) in [6, 6.07) is 58.5. The summed E-state index contributed by atoms with van der Waals surface area (Å²) in [7, 11) is 0. The Bertz CT molecular complexity index is 2810. The zero-order valence-corrected chi connectivity index (χ0v) is 29.4. The number of hydrogen-bond donors (Lipinski definition) is 0. The maximum absolute atomic E-state index is 2.45. The molecule has 0 saturated carbocycles. The molecule has 0 saturated heterocycles. The molecule has 51 heavy (non-hydrogen) atoms. The molecule has 0 N–H and O–H groups in total. The summed E-state index contributed by atoms with van der Waals surface area (Å²) in [6.07, 6.45) is 0. The van der Waals surface area contributed by atoms with E-state index in [1.54, 1.807) is 0 Å². The van der Waals surface area contributed by atoms with E-state index >= 15 is 0 Å². The molecule has 0 radical (unpaired) electrons. The van der Waals surface area contributed by atoms with Crippen molar-refractivity contribution in [1.29, 1.82) is 0 Å². The van der Waals surface area contributed by atoms with Crippen molar-refractivity contribution >= 4 is 60.4 Å². The van der Waals surface area contributed by atoms with Gasteiger partial charge in [-0.3, -0.25) is 0 Å². The second-order valence-electron chi connectivity index (χ2n) is 15.1. The van der Waals surface area contributed by atoms with Gasteiger partial charge < -0.3 is 9.47 Å². The van der Waals surface area contributed by atoms with Crippen LogP contribution in [0.2, 0.25) is 0 Å². The van der Waals surface area contributed by atoms with Gasteiger partial charge in [0.05, 0.1) is 11.0 Å². The Kier molecular flexibility index (Phi) is 6.38. The van der Waals surface area contributed by atoms with Crippen LogP contribution >= 0.6 is 0 Å². The second kappa shape index (κ2) is 10.9. The van der Waals surface area contributed by atoms with Crippen LogP contribution in [0.4, 0.5) is 17.1 Å². The SMILES string of the molecule is Cc1ccccc1N(c1ccc2cc3c(cc2c1)-c1cc2ccc(-n4c5ccccc5c5ccccc54)cc2cc1-3)c1ccccc1C(C)(C)C. The van der Waals surface area contributed by atoms with Crippen molar-refractivity contribution in [3.8, 4) is 27.9 Å². The van der Waals surface area contributed by atoms with Crippen molar-refractivity contribution in [2.24, 2.45) is 0 Å². The van der Waals surface area contributed by atoms with Crippen LogP contribution in [0.3, 0.4) is 0 Å². The van der Waals surface area contributed by atoms with Crippen molar-refractivity contribution in [3.63, 3.8) is 0 Å². The third kappa shape index (κ3) is 4.56. The van der Waals surface area contributed by atoms with E-state index in [-0.39, 0.29) is 5.41 Å². The quantitative estimate of drug-likeness (QED) is 0.183. The molecule has 0 aliphatic heterocycles. The number of aryl methyl sites for hydroxylation is 1. The zero-order valence-electron chi connectivity index (χ0n) is 29.4. The van der Waals surface area contributed by atoms with Crippen LogP contribution in [0.15, 0.2) is 158 Å². The molecule has 0 fully saturated rings. The molecule has 0 unspecified atom stereocenters. The predicted molar refractivity (Wildman–Crippen MR) is 218 cm³/mol. The normalized spacial score (nSPS) is 12.3. The Morgan fingerprint density at radius 1 is 0.451 bits per heavy atom. The van der Waals surface area contributed by atoms with Gasteiger partial charge in [-0.05, 0) is 140 Å². The molecule has 1 aliphatic carbocycles. The summed E-state index contributed by atoms with van der Waals surface area (Å²) in [4.78, 5) is 2.45. The van der Waals surface area contributed by atoms with Gasteiger partial charge in [-0.1, -0.05) is 106 Å². The first kappa shape index (κ1) is 29.8. The lowest BCUT2D eigenvalue weighted by Gasteiger charge is -2.33. The smallest absolute Gasteiger partial charge is 0.0541 e. The molecule has 0 spiro atoms. The topological polar surface area (TPSA) is 8.17 Å². The number of rotatable bonds is 4. The molecule has 0 bridgehead atoms. The van der Waals surface area contributed by atoms with Gasteiger partial charge in [-0.15, -0.1) is 0 Å². The fraction of sp³-hybridized carbons (Fsp3) is 0.102. The van der Waals surface area contributed by atoms with Gasteiger partial charge in [-0.25, -0.2) is 0 Å². The van der Waals surface area contributed by atoms with Gasteiger partial charge in [-0.2, -0.15) is 0 Å². The fourth-order valence-electron chi connectivity index (χ4n) is 8.40. The van der Waals surface area contributed by atoms with Crippen molar-refractivity contribution < 1.29 is 0 Å². The summed E-state index contributed by atoms with van der Waals surface area (Å²) in [5.74, 6) is 0. The number of benzene rings is 8. The van der Waals surface area contributed by atoms with Gasteiger partial charge in [0.25, 0.3) is 0 Å². The summed E-state index contributed by atoms with van der Waals surface area (Å²) in [5.41, 5.74) is 15.2. The number of nitrogens with zero attached hydrogens (tertiary/aromatic N) is 2. The van der Waals surface area contributed by atoms with E-state index in [2.05, 4.69) is 195 Å². The highest BCUT2D eigenvalue weighted by atomic mass is 15.1. The first-order valence-corrected chi connectivity index (χ1v) is 17.9. The lowest BCUT2D eigenvalue weighted by atomic mass is 9.78. The Morgan fingerprint density at radius 2 is 0.961 bits per heavy atom. The number of para-hydroxylation sites is 4. The van der Waals surface area contributed by atoms with Crippen molar-refractivity contribution in [3.05, 3.63) is 169 Å². The molecule has 2 heteroatoms. The highest BCUT2D eigenvalue weighted by molar-refractivity contribution is 6.13. The molecule has 10 rings (SSSR count). The molecule has 8 aromatic carbocycles. The van der Waals surface area contributed by atoms with Gasteiger partial charge in [0.2, 0.25) is 0 Å². The van der Waals surface area contributed by atoms with E-state index in [4.69, 9.17) is 0 Å². The van der Waals surface area contributed by atoms with E-state index in [0.29, 0.717) is 0 Å². The van der Waals surface area contributed by atoms with Crippen LogP contribution in [0.5, 0.6) is 0 Å². The maximum atomic E-state index is 2.45. The average molecular weight is 655 g/mol. The highest BCUT2D eigenvalue weighted by Gasteiger charge is 2.26. The molecule has 0 amide bonds. The van der Waals surface area contributed by atoms with Gasteiger partial charge in [0.1, 0.15) is 0 Å². The molecular formula is C49H38N2. The highest BCUT2D eigenvalue weighted by Crippen LogP contribution is 2.51. The van der Waals surface area contributed by atoms with Crippen LogP contribution in [-0.4, -0.2) is 4.57 Å². The summed E-state index contributed by atoms with van der Waals surface area (Å²) in [5, 5.41) is 7.62. The van der Waals surface area contributed by atoms with E-state index in [9.17, 15) is 0 Å². The zero-order chi connectivity index (χ0) is 34.4. The Balaban J connectivity index is 1.08. The monoisotopic (exact) mass is 654 g/mol. The molecule has 9 aromatic rings. The van der Waals surface area contributed by atoms with Gasteiger partial charge >= 0.3 is 0 Å². The molecule has 244 valence electrons. The summed E-state index contributed by atoms with van der Waals surface area (Å²) in [6.45, 7) is 9.11. The maximum Gasteiger partial charge on any atom is 0.0541 e. The second-order valence-corrected chi connectivity index (χ2v) is 15.1. The fourth-order valence-corrected chi connectivity index (χ4v) is 8.40. The molecular weight excluding hydrogens is 617 g/mol. The van der Waals surface area contributed by atoms with Crippen LogP contribution in [0.25, 0.3) is 71.3 Å². The number of hydrogen-bond acceptors (Lipinski definition) is 1. The van der Waals surface area contributed by atoms with E-state index in [1.165, 1.54) is 99.5 Å². The van der Waals surface area contributed by atoms with Crippen LogP contribution in [0.1, 0.15) is 31.9 Å². The third-order valence-electron chi connectivity index (χ3n) is 10.9. The third-order valence-corrected chi connectivity index (χ3v) is 10.9. The standard InChI is InChI=1S/C49H38N2/c1-31-13-5-9-17-45(31)50(48-20-12-8-16-44(48)49(2,3)4)36-23-21-32-27-40-42(29-34(32)25-36)41-28-33-22-24-37(26-35(33)30-43(40)41)51-46-18-10-6-14-38(46)39-15-7-11-19-47(39)51/h5-30H,1-4H3. The summed E-state index contributed by atoms with van der Waals surface area (Å²) >= 11 is 0. The molecule has 1 aromatic heterocycles. The van der Waals surface area contributed by atoms with Gasteiger partial charge in [0, 0.05) is 33.5 Å². The molecule has 1 heterocycles. The van der Waals surface area contributed by atoms with Crippen LogP contribution < -0.4 is 4.90 Å².